The standard InChI is InChI=1S/C8H9N3O2/c12-8(13)6-3-5-7(4-11-6)10-2-1-9-5/h1-2,6,11H,3-4H2,(H,12,13)/t6-/m0/s1. The Hall–Kier alpha value is -1.49. The summed E-state index contributed by atoms with van der Waals surface area (Å²) in [6.07, 6.45) is 3.61. The second-order valence-corrected chi connectivity index (χ2v) is 2.93. The third-order valence-corrected chi connectivity index (χ3v) is 2.07. The monoisotopic (exact) mass is 179 g/mol. The summed E-state index contributed by atoms with van der Waals surface area (Å²) in [5, 5.41) is 11.6. The molecular weight excluding hydrogens is 170 g/mol. The number of nitrogens with zero attached hydrogens (tertiary/aromatic N) is 2. The van der Waals surface area contributed by atoms with Gasteiger partial charge in [-0.05, 0) is 0 Å². The fraction of sp³-hybridized carbons (Fsp3) is 0.375. The van der Waals surface area contributed by atoms with Gasteiger partial charge in [0.25, 0.3) is 0 Å². The molecule has 2 rings (SSSR count). The fourth-order valence-electron chi connectivity index (χ4n) is 1.37. The molecule has 68 valence electrons. The van der Waals surface area contributed by atoms with Gasteiger partial charge in [-0.1, -0.05) is 0 Å². The molecule has 0 saturated heterocycles. The topological polar surface area (TPSA) is 75.1 Å². The summed E-state index contributed by atoms with van der Waals surface area (Å²) in [5.41, 5.74) is 1.63. The lowest BCUT2D eigenvalue weighted by molar-refractivity contribution is -0.139. The van der Waals surface area contributed by atoms with E-state index in [-0.39, 0.29) is 0 Å². The summed E-state index contributed by atoms with van der Waals surface area (Å²) in [6, 6.07) is -0.524. The van der Waals surface area contributed by atoms with E-state index in [4.69, 9.17) is 5.11 Å². The van der Waals surface area contributed by atoms with Gasteiger partial charge in [0.15, 0.2) is 0 Å². The summed E-state index contributed by atoms with van der Waals surface area (Å²) in [4.78, 5) is 18.8. The van der Waals surface area contributed by atoms with E-state index < -0.39 is 12.0 Å². The number of nitrogens with one attached hydrogen (secondary N) is 1. The van der Waals surface area contributed by atoms with Gasteiger partial charge in [0.05, 0.1) is 11.4 Å². The summed E-state index contributed by atoms with van der Waals surface area (Å²) < 4.78 is 0. The van der Waals surface area contributed by atoms with Crippen molar-refractivity contribution in [1.29, 1.82) is 0 Å². The number of hydrogen-bond donors (Lipinski definition) is 2. The van der Waals surface area contributed by atoms with E-state index in [1.54, 1.807) is 12.4 Å². The highest BCUT2D eigenvalue weighted by Gasteiger charge is 2.24. The molecule has 1 aromatic heterocycles. The molecule has 2 N–H and O–H groups in total. The van der Waals surface area contributed by atoms with Crippen LogP contribution in [0.5, 0.6) is 0 Å². The van der Waals surface area contributed by atoms with Crippen molar-refractivity contribution in [1.82, 2.24) is 15.3 Å². The number of carboxylic acids is 1. The Morgan fingerprint density at radius 1 is 1.46 bits per heavy atom. The molecule has 0 bridgehead atoms. The lowest BCUT2D eigenvalue weighted by Crippen LogP contribution is -2.42. The number of carboxylic acid groups (broad SMARTS) is 1. The third kappa shape index (κ3) is 1.50. The molecule has 5 nitrogen and oxygen atoms in total. The van der Waals surface area contributed by atoms with Gasteiger partial charge in [0.1, 0.15) is 6.04 Å². The van der Waals surface area contributed by atoms with Gasteiger partial charge < -0.3 is 5.11 Å². The van der Waals surface area contributed by atoms with Crippen molar-refractivity contribution < 1.29 is 9.90 Å². The molecule has 0 aromatic carbocycles. The second kappa shape index (κ2) is 3.10. The molecule has 1 atom stereocenters. The molecule has 1 aliphatic heterocycles. The lowest BCUT2D eigenvalue weighted by atomic mass is 10.1. The molecular formula is C8H9N3O2. The first-order valence-corrected chi connectivity index (χ1v) is 4.02. The molecule has 0 radical (unpaired) electrons. The van der Waals surface area contributed by atoms with Crippen molar-refractivity contribution >= 4 is 5.97 Å². The predicted molar refractivity (Wildman–Crippen MR) is 44.0 cm³/mol. The van der Waals surface area contributed by atoms with Crippen molar-refractivity contribution in [2.24, 2.45) is 0 Å². The molecule has 0 spiro atoms. The highest BCUT2D eigenvalue weighted by molar-refractivity contribution is 5.74. The van der Waals surface area contributed by atoms with E-state index in [0.717, 1.165) is 11.4 Å². The quantitative estimate of drug-likeness (QED) is 0.612. The van der Waals surface area contributed by atoms with Gasteiger partial charge in [-0.3, -0.25) is 20.1 Å². The molecule has 0 fully saturated rings. The van der Waals surface area contributed by atoms with Gasteiger partial charge >= 0.3 is 5.97 Å². The number of fused-ring (bicyclic) bond motifs is 1. The first-order chi connectivity index (χ1) is 6.27. The predicted octanol–water partition coefficient (Wildman–Crippen LogP) is -0.425. The van der Waals surface area contributed by atoms with E-state index in [9.17, 15) is 4.79 Å². The first kappa shape index (κ1) is 8.12. The molecule has 0 saturated carbocycles. The zero-order chi connectivity index (χ0) is 9.26. The summed E-state index contributed by atoms with van der Waals surface area (Å²) >= 11 is 0. The minimum absolute atomic E-state index is 0.415. The van der Waals surface area contributed by atoms with E-state index in [1.807, 2.05) is 0 Å². The second-order valence-electron chi connectivity index (χ2n) is 2.93. The van der Waals surface area contributed by atoms with Crippen molar-refractivity contribution in [3.05, 3.63) is 23.8 Å². The molecule has 2 heterocycles. The molecule has 0 aliphatic carbocycles. The van der Waals surface area contributed by atoms with Crippen molar-refractivity contribution in [3.8, 4) is 0 Å². The summed E-state index contributed by atoms with van der Waals surface area (Å²) in [6.45, 7) is 0.486. The molecule has 0 unspecified atom stereocenters. The zero-order valence-corrected chi connectivity index (χ0v) is 6.90. The van der Waals surface area contributed by atoms with Gasteiger partial charge in [-0.2, -0.15) is 0 Å². The van der Waals surface area contributed by atoms with Crippen LogP contribution in [-0.4, -0.2) is 27.1 Å². The Kier molecular flexibility index (Phi) is 1.94. The van der Waals surface area contributed by atoms with Gasteiger partial charge in [0.2, 0.25) is 0 Å². The first-order valence-electron chi connectivity index (χ1n) is 4.02. The third-order valence-electron chi connectivity index (χ3n) is 2.07. The van der Waals surface area contributed by atoms with Gasteiger partial charge in [0, 0.05) is 25.4 Å². The molecule has 13 heavy (non-hydrogen) atoms. The Labute approximate surface area is 74.8 Å². The Bertz CT molecular complexity index is 340. The minimum Gasteiger partial charge on any atom is -0.480 e. The number of aliphatic carboxylic acids is 1. The van der Waals surface area contributed by atoms with E-state index in [0.29, 0.717) is 13.0 Å². The molecule has 5 heteroatoms. The number of rotatable bonds is 1. The van der Waals surface area contributed by atoms with Crippen molar-refractivity contribution in [2.45, 2.75) is 19.0 Å². The highest BCUT2D eigenvalue weighted by Crippen LogP contribution is 2.10. The highest BCUT2D eigenvalue weighted by atomic mass is 16.4. The fourth-order valence-corrected chi connectivity index (χ4v) is 1.37. The summed E-state index contributed by atoms with van der Waals surface area (Å²) in [7, 11) is 0. The van der Waals surface area contributed by atoms with Crippen LogP contribution >= 0.6 is 0 Å². The smallest absolute Gasteiger partial charge is 0.321 e. The Balaban J connectivity index is 2.24. The molecule has 1 aliphatic rings. The van der Waals surface area contributed by atoms with Crippen LogP contribution in [0.25, 0.3) is 0 Å². The van der Waals surface area contributed by atoms with E-state index in [1.165, 1.54) is 0 Å². The zero-order valence-electron chi connectivity index (χ0n) is 6.90. The lowest BCUT2D eigenvalue weighted by Gasteiger charge is -2.20. The maximum atomic E-state index is 10.7. The van der Waals surface area contributed by atoms with Crippen LogP contribution in [0.15, 0.2) is 12.4 Å². The van der Waals surface area contributed by atoms with Crippen LogP contribution in [0.1, 0.15) is 11.4 Å². The summed E-state index contributed by atoms with van der Waals surface area (Å²) in [5.74, 6) is -0.837. The van der Waals surface area contributed by atoms with Crippen LogP contribution in [0.2, 0.25) is 0 Å². The Morgan fingerprint density at radius 2 is 2.15 bits per heavy atom. The number of aromatic nitrogens is 2. The van der Waals surface area contributed by atoms with E-state index >= 15 is 0 Å². The minimum atomic E-state index is -0.837. The molecule has 0 amide bonds. The largest absolute Gasteiger partial charge is 0.480 e. The normalized spacial score (nSPS) is 20.8. The maximum absolute atomic E-state index is 10.7. The van der Waals surface area contributed by atoms with Gasteiger partial charge in [-0.15, -0.1) is 0 Å². The van der Waals surface area contributed by atoms with Gasteiger partial charge in [-0.25, -0.2) is 0 Å². The van der Waals surface area contributed by atoms with Crippen LogP contribution in [0.3, 0.4) is 0 Å². The van der Waals surface area contributed by atoms with Crippen molar-refractivity contribution in [2.75, 3.05) is 0 Å². The Morgan fingerprint density at radius 3 is 2.85 bits per heavy atom. The number of hydrogen-bond acceptors (Lipinski definition) is 4. The molecule has 1 aromatic rings. The van der Waals surface area contributed by atoms with Crippen LogP contribution in [0, 0.1) is 0 Å². The van der Waals surface area contributed by atoms with Crippen LogP contribution in [-0.2, 0) is 17.8 Å². The maximum Gasteiger partial charge on any atom is 0.321 e. The van der Waals surface area contributed by atoms with Crippen LogP contribution in [0.4, 0.5) is 0 Å². The van der Waals surface area contributed by atoms with E-state index in [2.05, 4.69) is 15.3 Å². The average molecular weight is 179 g/mol. The van der Waals surface area contributed by atoms with Crippen LogP contribution < -0.4 is 5.32 Å². The van der Waals surface area contributed by atoms with Crippen molar-refractivity contribution in [3.63, 3.8) is 0 Å². The number of carbonyl (C=O) groups is 1. The average Bonchev–Trinajstić information content (AvgIpc) is 2.17. The SMILES string of the molecule is O=C(O)[C@@H]1Cc2nccnc2CN1.